The van der Waals surface area contributed by atoms with E-state index < -0.39 is 0 Å². The first kappa shape index (κ1) is 14.6. The molecule has 2 aromatic carbocycles. The lowest BCUT2D eigenvalue weighted by atomic mass is 10.0. The van der Waals surface area contributed by atoms with Gasteiger partial charge in [0.05, 0.1) is 0 Å². The predicted octanol–water partition coefficient (Wildman–Crippen LogP) is 2.75. The monoisotopic (exact) mass is 305 g/mol. The first-order valence-electron chi connectivity index (χ1n) is 7.07. The Morgan fingerprint density at radius 1 is 0.870 bits per heavy atom. The molecule has 0 bridgehead atoms. The smallest absolute Gasteiger partial charge is 0.234 e. The van der Waals surface area contributed by atoms with E-state index in [4.69, 9.17) is 5.73 Å². The van der Waals surface area contributed by atoms with Gasteiger partial charge in [-0.25, -0.2) is 0 Å². The average Bonchev–Trinajstić information content (AvgIpc) is 2.55. The molecule has 3 N–H and O–H groups in total. The summed E-state index contributed by atoms with van der Waals surface area (Å²) < 4.78 is 0. The summed E-state index contributed by atoms with van der Waals surface area (Å²) in [7, 11) is 0. The number of benzene rings is 2. The molecule has 0 saturated heterocycles. The van der Waals surface area contributed by atoms with Crippen molar-refractivity contribution in [1.29, 1.82) is 0 Å². The SMILES string of the molecule is CC(=O)Nc1nc(N)nc(-c2ccc(-c3ccccc3)cc2)n1. The largest absolute Gasteiger partial charge is 0.368 e. The van der Waals surface area contributed by atoms with E-state index in [0.29, 0.717) is 5.82 Å². The summed E-state index contributed by atoms with van der Waals surface area (Å²) in [5, 5.41) is 2.51. The van der Waals surface area contributed by atoms with Crippen LogP contribution in [-0.2, 0) is 4.79 Å². The maximum atomic E-state index is 11.1. The molecular weight excluding hydrogens is 290 g/mol. The van der Waals surface area contributed by atoms with Gasteiger partial charge in [0.15, 0.2) is 5.82 Å². The van der Waals surface area contributed by atoms with Gasteiger partial charge >= 0.3 is 0 Å². The van der Waals surface area contributed by atoms with E-state index in [0.717, 1.165) is 16.7 Å². The van der Waals surface area contributed by atoms with Gasteiger partial charge in [-0.1, -0.05) is 54.6 Å². The van der Waals surface area contributed by atoms with Gasteiger partial charge in [-0.3, -0.25) is 10.1 Å². The van der Waals surface area contributed by atoms with Crippen LogP contribution in [0.3, 0.4) is 0 Å². The van der Waals surface area contributed by atoms with E-state index in [-0.39, 0.29) is 17.8 Å². The summed E-state index contributed by atoms with van der Waals surface area (Å²) in [6, 6.07) is 17.9. The molecule has 6 heteroatoms. The number of nitrogens with two attached hydrogens (primary N) is 1. The number of nitrogens with one attached hydrogen (secondary N) is 1. The summed E-state index contributed by atoms with van der Waals surface area (Å²) in [6.45, 7) is 1.38. The average molecular weight is 305 g/mol. The fourth-order valence-electron chi connectivity index (χ4n) is 2.18. The fourth-order valence-corrected chi connectivity index (χ4v) is 2.18. The highest BCUT2D eigenvalue weighted by Crippen LogP contribution is 2.23. The van der Waals surface area contributed by atoms with Crippen LogP contribution in [0, 0.1) is 0 Å². The van der Waals surface area contributed by atoms with Gasteiger partial charge in [0.1, 0.15) is 0 Å². The van der Waals surface area contributed by atoms with Crippen molar-refractivity contribution >= 4 is 17.8 Å². The molecule has 0 aliphatic heterocycles. The minimum atomic E-state index is -0.263. The van der Waals surface area contributed by atoms with Crippen molar-refractivity contribution in [2.24, 2.45) is 0 Å². The number of anilines is 2. The van der Waals surface area contributed by atoms with E-state index in [1.807, 2.05) is 54.6 Å². The van der Waals surface area contributed by atoms with Crippen LogP contribution in [0.1, 0.15) is 6.92 Å². The van der Waals surface area contributed by atoms with Crippen molar-refractivity contribution in [3.8, 4) is 22.5 Å². The summed E-state index contributed by atoms with van der Waals surface area (Å²) in [4.78, 5) is 23.3. The molecule has 3 aromatic rings. The van der Waals surface area contributed by atoms with Crippen LogP contribution in [0.15, 0.2) is 54.6 Å². The summed E-state index contributed by atoms with van der Waals surface area (Å²) in [6.07, 6.45) is 0. The molecule has 0 radical (unpaired) electrons. The molecule has 6 nitrogen and oxygen atoms in total. The second-order valence-corrected chi connectivity index (χ2v) is 4.97. The van der Waals surface area contributed by atoms with Crippen molar-refractivity contribution < 1.29 is 4.79 Å². The number of carbonyl (C=O) groups excluding carboxylic acids is 1. The van der Waals surface area contributed by atoms with Gasteiger partial charge in [-0.05, 0) is 11.1 Å². The van der Waals surface area contributed by atoms with Gasteiger partial charge in [0.25, 0.3) is 0 Å². The standard InChI is InChI=1S/C17H15N5O/c1-11(23)19-17-21-15(20-16(18)22-17)14-9-7-13(8-10-14)12-5-3-2-4-6-12/h2-10H,1H3,(H3,18,19,20,21,22,23). The molecule has 0 fully saturated rings. The van der Waals surface area contributed by atoms with E-state index in [1.54, 1.807) is 0 Å². The predicted molar refractivity (Wildman–Crippen MR) is 89.4 cm³/mol. The third-order valence-electron chi connectivity index (χ3n) is 3.19. The Morgan fingerprint density at radius 3 is 2.13 bits per heavy atom. The Morgan fingerprint density at radius 2 is 1.48 bits per heavy atom. The summed E-state index contributed by atoms with van der Waals surface area (Å²) in [5.74, 6) is 0.361. The molecule has 0 saturated carbocycles. The number of carbonyl (C=O) groups is 1. The van der Waals surface area contributed by atoms with Crippen molar-refractivity contribution in [1.82, 2.24) is 15.0 Å². The molecule has 0 spiro atoms. The van der Waals surface area contributed by atoms with E-state index in [9.17, 15) is 4.79 Å². The van der Waals surface area contributed by atoms with Gasteiger partial charge in [0, 0.05) is 12.5 Å². The second-order valence-electron chi connectivity index (χ2n) is 4.97. The van der Waals surface area contributed by atoms with Crippen LogP contribution in [0.25, 0.3) is 22.5 Å². The van der Waals surface area contributed by atoms with Crippen molar-refractivity contribution in [3.63, 3.8) is 0 Å². The third-order valence-corrected chi connectivity index (χ3v) is 3.19. The van der Waals surface area contributed by atoms with Crippen molar-refractivity contribution in [3.05, 3.63) is 54.6 Å². The lowest BCUT2D eigenvalue weighted by molar-refractivity contribution is -0.114. The van der Waals surface area contributed by atoms with E-state index in [2.05, 4.69) is 20.3 Å². The first-order chi connectivity index (χ1) is 11.1. The zero-order chi connectivity index (χ0) is 16.2. The summed E-state index contributed by atoms with van der Waals surface area (Å²) in [5.41, 5.74) is 8.70. The number of rotatable bonds is 3. The highest BCUT2D eigenvalue weighted by Gasteiger charge is 2.08. The second kappa shape index (κ2) is 6.23. The lowest BCUT2D eigenvalue weighted by Crippen LogP contribution is -2.12. The molecule has 0 atom stereocenters. The van der Waals surface area contributed by atoms with E-state index >= 15 is 0 Å². The molecule has 0 aliphatic rings. The van der Waals surface area contributed by atoms with Crippen LogP contribution in [-0.4, -0.2) is 20.9 Å². The highest BCUT2D eigenvalue weighted by molar-refractivity contribution is 5.87. The molecule has 0 unspecified atom stereocenters. The van der Waals surface area contributed by atoms with Gasteiger partial charge in [-0.15, -0.1) is 0 Å². The molecular formula is C17H15N5O. The number of nitrogen functional groups attached to an aromatic ring is 1. The van der Waals surface area contributed by atoms with Crippen LogP contribution in [0.4, 0.5) is 11.9 Å². The van der Waals surface area contributed by atoms with Crippen molar-refractivity contribution in [2.45, 2.75) is 6.92 Å². The van der Waals surface area contributed by atoms with Crippen molar-refractivity contribution in [2.75, 3.05) is 11.1 Å². The molecule has 1 amide bonds. The lowest BCUT2D eigenvalue weighted by Gasteiger charge is -2.06. The Bertz CT molecular complexity index is 831. The minimum absolute atomic E-state index is 0.0610. The molecule has 1 heterocycles. The first-order valence-corrected chi connectivity index (χ1v) is 7.07. The molecule has 3 rings (SSSR count). The maximum absolute atomic E-state index is 11.1. The van der Waals surface area contributed by atoms with Gasteiger partial charge in [0.2, 0.25) is 17.8 Å². The summed E-state index contributed by atoms with van der Waals surface area (Å²) >= 11 is 0. The fraction of sp³-hybridized carbons (Fsp3) is 0.0588. The Labute approximate surface area is 133 Å². The number of nitrogens with zero attached hydrogens (tertiary/aromatic N) is 3. The molecule has 0 aliphatic carbocycles. The normalized spacial score (nSPS) is 10.3. The Balaban J connectivity index is 1.93. The number of amides is 1. The van der Waals surface area contributed by atoms with Gasteiger partial charge < -0.3 is 5.73 Å². The van der Waals surface area contributed by atoms with E-state index in [1.165, 1.54) is 6.92 Å². The molecule has 1 aromatic heterocycles. The Kier molecular flexibility index (Phi) is 3.97. The quantitative estimate of drug-likeness (QED) is 0.776. The van der Waals surface area contributed by atoms with Crippen LogP contribution in [0.5, 0.6) is 0 Å². The van der Waals surface area contributed by atoms with Gasteiger partial charge in [-0.2, -0.15) is 15.0 Å². The third kappa shape index (κ3) is 3.49. The Hall–Kier alpha value is -3.28. The zero-order valence-electron chi connectivity index (χ0n) is 12.5. The zero-order valence-corrected chi connectivity index (χ0v) is 12.5. The molecule has 114 valence electrons. The highest BCUT2D eigenvalue weighted by atomic mass is 16.1. The number of aromatic nitrogens is 3. The minimum Gasteiger partial charge on any atom is -0.368 e. The maximum Gasteiger partial charge on any atom is 0.234 e. The van der Waals surface area contributed by atoms with Crippen LogP contribution in [0.2, 0.25) is 0 Å². The topological polar surface area (TPSA) is 93.8 Å². The van der Waals surface area contributed by atoms with Crippen LogP contribution >= 0.6 is 0 Å². The number of hydrogen-bond donors (Lipinski definition) is 2. The van der Waals surface area contributed by atoms with Crippen LogP contribution < -0.4 is 11.1 Å². The number of hydrogen-bond acceptors (Lipinski definition) is 5. The molecule has 23 heavy (non-hydrogen) atoms.